The number of hydrogen-bond acceptors (Lipinski definition) is 3. The van der Waals surface area contributed by atoms with Gasteiger partial charge in [0, 0.05) is 16.5 Å². The van der Waals surface area contributed by atoms with Crippen LogP contribution >= 0.6 is 11.6 Å². The molecule has 26 heavy (non-hydrogen) atoms. The van der Waals surface area contributed by atoms with Crippen molar-refractivity contribution >= 4 is 23.7 Å². The van der Waals surface area contributed by atoms with Crippen LogP contribution < -0.4 is 5.43 Å². The predicted octanol–water partition coefficient (Wildman–Crippen LogP) is 4.85. The van der Waals surface area contributed by atoms with Gasteiger partial charge in [0.05, 0.1) is 6.21 Å². The van der Waals surface area contributed by atoms with Crippen molar-refractivity contribution in [3.05, 3.63) is 83.1 Å². The van der Waals surface area contributed by atoms with E-state index < -0.39 is 0 Å². The highest BCUT2D eigenvalue weighted by atomic mass is 35.5. The summed E-state index contributed by atoms with van der Waals surface area (Å²) in [7, 11) is 0. The second kappa shape index (κ2) is 7.18. The molecule has 1 aliphatic rings. The first-order chi connectivity index (χ1) is 12.7. The van der Waals surface area contributed by atoms with E-state index in [4.69, 9.17) is 16.0 Å². The maximum Gasteiger partial charge on any atom is 0.243 e. The van der Waals surface area contributed by atoms with Gasteiger partial charge in [-0.2, -0.15) is 5.10 Å². The van der Waals surface area contributed by atoms with Crippen LogP contribution in [0.15, 0.2) is 76.2 Å². The highest BCUT2D eigenvalue weighted by Gasteiger charge is 2.43. The van der Waals surface area contributed by atoms with Crippen molar-refractivity contribution in [2.75, 3.05) is 0 Å². The van der Waals surface area contributed by atoms with Crippen LogP contribution in [0, 0.1) is 5.92 Å². The lowest BCUT2D eigenvalue weighted by atomic mass is 10.1. The molecule has 1 aliphatic carbocycles. The molecule has 4 nitrogen and oxygen atoms in total. The quantitative estimate of drug-likeness (QED) is 0.519. The van der Waals surface area contributed by atoms with Gasteiger partial charge < -0.3 is 4.42 Å². The van der Waals surface area contributed by atoms with Crippen LogP contribution in [0.1, 0.15) is 23.7 Å². The number of nitrogens with one attached hydrogen (secondary N) is 1. The third kappa shape index (κ3) is 3.70. The van der Waals surface area contributed by atoms with Gasteiger partial charge in [-0.05, 0) is 42.2 Å². The molecule has 1 N–H and O–H groups in total. The Bertz CT molecular complexity index is 949. The minimum absolute atomic E-state index is 0.00632. The standard InChI is InChI=1S/C21H17ClN2O2/c22-16-8-4-7-15(11-16)20-10-9-17(26-20)13-23-24-21(25)19-12-18(19)14-5-2-1-3-6-14/h1-11,13,18-19H,12H2,(H,24,25)/t18-,19+/m1/s1. The van der Waals surface area contributed by atoms with Crippen LogP contribution in [0.25, 0.3) is 11.3 Å². The summed E-state index contributed by atoms with van der Waals surface area (Å²) < 4.78 is 5.71. The summed E-state index contributed by atoms with van der Waals surface area (Å²) in [4.78, 5) is 12.2. The van der Waals surface area contributed by atoms with Crippen molar-refractivity contribution in [1.29, 1.82) is 0 Å². The molecule has 0 saturated heterocycles. The first-order valence-electron chi connectivity index (χ1n) is 8.44. The Kier molecular flexibility index (Phi) is 4.59. The Morgan fingerprint density at radius 2 is 1.96 bits per heavy atom. The monoisotopic (exact) mass is 364 g/mol. The van der Waals surface area contributed by atoms with E-state index in [0.717, 1.165) is 12.0 Å². The number of furan rings is 1. The Labute approximate surface area is 156 Å². The molecule has 1 saturated carbocycles. The fraction of sp³-hybridized carbons (Fsp3) is 0.143. The predicted molar refractivity (Wildman–Crippen MR) is 102 cm³/mol. The van der Waals surface area contributed by atoms with E-state index in [9.17, 15) is 4.79 Å². The van der Waals surface area contributed by atoms with E-state index in [1.807, 2.05) is 48.5 Å². The molecule has 1 fully saturated rings. The number of amides is 1. The molecule has 0 aliphatic heterocycles. The normalized spacial score (nSPS) is 18.8. The van der Waals surface area contributed by atoms with Crippen molar-refractivity contribution in [3.8, 4) is 11.3 Å². The van der Waals surface area contributed by atoms with Crippen molar-refractivity contribution in [3.63, 3.8) is 0 Å². The summed E-state index contributed by atoms with van der Waals surface area (Å²) in [6.07, 6.45) is 2.37. The highest BCUT2D eigenvalue weighted by molar-refractivity contribution is 6.30. The lowest BCUT2D eigenvalue weighted by Crippen LogP contribution is -2.20. The average molecular weight is 365 g/mol. The second-order valence-electron chi connectivity index (χ2n) is 6.31. The molecule has 3 aromatic rings. The Balaban J connectivity index is 1.34. The molecular weight excluding hydrogens is 348 g/mol. The SMILES string of the molecule is O=C(NN=Cc1ccc(-c2cccc(Cl)c2)o1)[C@H]1C[C@@H]1c1ccccc1. The molecule has 0 radical (unpaired) electrons. The fourth-order valence-corrected chi connectivity index (χ4v) is 3.21. The summed E-state index contributed by atoms with van der Waals surface area (Å²) in [6, 6.07) is 21.2. The van der Waals surface area contributed by atoms with Gasteiger partial charge in [0.25, 0.3) is 0 Å². The summed E-state index contributed by atoms with van der Waals surface area (Å²) in [6.45, 7) is 0. The Morgan fingerprint density at radius 3 is 2.77 bits per heavy atom. The number of hydrazone groups is 1. The summed E-state index contributed by atoms with van der Waals surface area (Å²) >= 11 is 6.00. The zero-order chi connectivity index (χ0) is 17.9. The van der Waals surface area contributed by atoms with E-state index >= 15 is 0 Å². The zero-order valence-corrected chi connectivity index (χ0v) is 14.7. The number of carbonyl (C=O) groups is 1. The molecule has 130 valence electrons. The van der Waals surface area contributed by atoms with Gasteiger partial charge in [-0.15, -0.1) is 0 Å². The van der Waals surface area contributed by atoms with Gasteiger partial charge in [-0.1, -0.05) is 54.1 Å². The number of hydrogen-bond donors (Lipinski definition) is 1. The molecule has 0 unspecified atom stereocenters. The van der Waals surface area contributed by atoms with Crippen LogP contribution in [-0.4, -0.2) is 12.1 Å². The highest BCUT2D eigenvalue weighted by Crippen LogP contribution is 2.47. The minimum Gasteiger partial charge on any atom is -0.455 e. The smallest absolute Gasteiger partial charge is 0.243 e. The molecule has 0 spiro atoms. The van der Waals surface area contributed by atoms with Crippen LogP contribution in [0.5, 0.6) is 0 Å². The minimum atomic E-state index is -0.0586. The maximum atomic E-state index is 12.2. The maximum absolute atomic E-state index is 12.2. The molecule has 0 bridgehead atoms. The molecule has 1 heterocycles. The lowest BCUT2D eigenvalue weighted by molar-refractivity contribution is -0.122. The molecule has 2 atom stereocenters. The first-order valence-corrected chi connectivity index (χ1v) is 8.82. The van der Waals surface area contributed by atoms with Gasteiger partial charge in [0.2, 0.25) is 5.91 Å². The van der Waals surface area contributed by atoms with Gasteiger partial charge in [0.15, 0.2) is 0 Å². The largest absolute Gasteiger partial charge is 0.455 e. The van der Waals surface area contributed by atoms with Crippen LogP contribution in [-0.2, 0) is 4.79 Å². The van der Waals surface area contributed by atoms with Crippen LogP contribution in [0.2, 0.25) is 5.02 Å². The molecule has 2 aromatic carbocycles. The third-order valence-corrected chi connectivity index (χ3v) is 4.69. The van der Waals surface area contributed by atoms with Crippen molar-refractivity contribution in [2.24, 2.45) is 11.0 Å². The number of benzene rings is 2. The Morgan fingerprint density at radius 1 is 1.12 bits per heavy atom. The average Bonchev–Trinajstić information content (AvgIpc) is 3.33. The van der Waals surface area contributed by atoms with Crippen LogP contribution in [0.4, 0.5) is 0 Å². The van der Waals surface area contributed by atoms with E-state index in [2.05, 4.69) is 22.7 Å². The Hall–Kier alpha value is -2.85. The second-order valence-corrected chi connectivity index (χ2v) is 6.74. The van der Waals surface area contributed by atoms with Crippen LogP contribution in [0.3, 0.4) is 0 Å². The number of rotatable bonds is 5. The molecule has 4 rings (SSSR count). The summed E-state index contributed by atoms with van der Waals surface area (Å²) in [5, 5.41) is 4.66. The number of halogens is 1. The van der Waals surface area contributed by atoms with Crippen molar-refractivity contribution in [1.82, 2.24) is 5.43 Å². The number of nitrogens with zero attached hydrogens (tertiary/aromatic N) is 1. The van der Waals surface area contributed by atoms with E-state index in [-0.39, 0.29) is 11.8 Å². The summed E-state index contributed by atoms with van der Waals surface area (Å²) in [5.41, 5.74) is 4.70. The molecular formula is C21H17ClN2O2. The van der Waals surface area contributed by atoms with Crippen molar-refractivity contribution < 1.29 is 9.21 Å². The topological polar surface area (TPSA) is 54.6 Å². The number of carbonyl (C=O) groups excluding carboxylic acids is 1. The third-order valence-electron chi connectivity index (χ3n) is 4.46. The molecule has 5 heteroatoms. The molecule has 1 aromatic heterocycles. The fourth-order valence-electron chi connectivity index (χ4n) is 3.01. The van der Waals surface area contributed by atoms with Gasteiger partial charge in [-0.25, -0.2) is 5.43 Å². The van der Waals surface area contributed by atoms with Crippen molar-refractivity contribution in [2.45, 2.75) is 12.3 Å². The lowest BCUT2D eigenvalue weighted by Gasteiger charge is -1.99. The molecule has 1 amide bonds. The summed E-state index contributed by atoms with van der Waals surface area (Å²) in [5.74, 6) is 1.50. The first kappa shape index (κ1) is 16.6. The zero-order valence-electron chi connectivity index (χ0n) is 13.9. The van der Waals surface area contributed by atoms with Gasteiger partial charge in [0.1, 0.15) is 11.5 Å². The van der Waals surface area contributed by atoms with Gasteiger partial charge in [-0.3, -0.25) is 4.79 Å². The van der Waals surface area contributed by atoms with E-state index in [1.54, 1.807) is 6.07 Å². The van der Waals surface area contributed by atoms with E-state index in [1.165, 1.54) is 11.8 Å². The van der Waals surface area contributed by atoms with Gasteiger partial charge >= 0.3 is 0 Å². The van der Waals surface area contributed by atoms with E-state index in [0.29, 0.717) is 22.5 Å².